The van der Waals surface area contributed by atoms with Gasteiger partial charge in [0.1, 0.15) is 6.61 Å². The Morgan fingerprint density at radius 3 is 2.12 bits per heavy atom. The highest BCUT2D eigenvalue weighted by molar-refractivity contribution is 5.80. The largest absolute Gasteiger partial charge is 0.457 e. The molecule has 7 heteroatoms. The van der Waals surface area contributed by atoms with Crippen LogP contribution in [-0.4, -0.2) is 18.5 Å². The van der Waals surface area contributed by atoms with Gasteiger partial charge in [0.15, 0.2) is 0 Å². The molecule has 0 amide bonds. The first-order chi connectivity index (χ1) is 7.19. The lowest BCUT2D eigenvalue weighted by Crippen LogP contribution is -2.32. The Bertz CT molecular complexity index is 325. The summed E-state index contributed by atoms with van der Waals surface area (Å²) >= 11 is 0. The third kappa shape index (κ3) is 4.00. The van der Waals surface area contributed by atoms with E-state index in [2.05, 4.69) is 4.74 Å². The lowest BCUT2D eigenvalue weighted by Gasteiger charge is -2.11. The molecule has 0 aliphatic heterocycles. The summed E-state index contributed by atoms with van der Waals surface area (Å²) in [5.74, 6) is -10.4. The first-order valence-corrected chi connectivity index (χ1v) is 4.09. The van der Waals surface area contributed by atoms with Crippen LogP contribution in [0, 0.1) is 0 Å². The van der Waals surface area contributed by atoms with Crippen molar-refractivity contribution < 1.29 is 31.5 Å². The van der Waals surface area contributed by atoms with E-state index < -0.39 is 30.4 Å². The van der Waals surface area contributed by atoms with Crippen LogP contribution in [-0.2, 0) is 9.53 Å². The van der Waals surface area contributed by atoms with Gasteiger partial charge in [0, 0.05) is 0 Å². The number of hydrogen-bond donors (Lipinski definition) is 0. The maximum atomic E-state index is 12.6. The van der Waals surface area contributed by atoms with Crippen LogP contribution < -0.4 is 0 Å². The van der Waals surface area contributed by atoms with Crippen molar-refractivity contribution in [3.63, 3.8) is 0 Å². The van der Waals surface area contributed by atoms with Crippen molar-refractivity contribution in [2.24, 2.45) is 0 Å². The molecule has 0 spiro atoms. The number of ether oxygens (including phenoxy) is 1. The van der Waals surface area contributed by atoms with Crippen molar-refractivity contribution in [3.8, 4) is 0 Å². The van der Waals surface area contributed by atoms with Crippen molar-refractivity contribution in [2.45, 2.75) is 19.8 Å². The molecular formula is C9H9F5O2. The average Bonchev–Trinajstić information content (AvgIpc) is 2.15. The van der Waals surface area contributed by atoms with E-state index >= 15 is 0 Å². The van der Waals surface area contributed by atoms with Crippen LogP contribution in [0.1, 0.15) is 13.8 Å². The van der Waals surface area contributed by atoms with Crippen LogP contribution in [0.5, 0.6) is 0 Å². The van der Waals surface area contributed by atoms with Gasteiger partial charge in [0.2, 0.25) is 5.83 Å². The number of halogens is 5. The quantitative estimate of drug-likeness (QED) is 0.431. The average molecular weight is 244 g/mol. The normalized spacial score (nSPS) is 10.7. The minimum atomic E-state index is -4.95. The third-order valence-corrected chi connectivity index (χ3v) is 1.40. The summed E-state index contributed by atoms with van der Waals surface area (Å²) in [7, 11) is 0. The standard InChI is InChI=1S/C9H9F5O2/c1-5(2)3-4-16-8(15)9(13,14)6(10)7(11)12/h3H,4H2,1-2H3. The zero-order chi connectivity index (χ0) is 12.9. The smallest absolute Gasteiger partial charge is 0.398 e. The molecule has 0 aromatic rings. The molecule has 0 aromatic carbocycles. The third-order valence-electron chi connectivity index (χ3n) is 1.40. The molecule has 0 bridgehead atoms. The van der Waals surface area contributed by atoms with Gasteiger partial charge in [-0.3, -0.25) is 0 Å². The van der Waals surface area contributed by atoms with Gasteiger partial charge in [-0.1, -0.05) is 5.57 Å². The van der Waals surface area contributed by atoms with Crippen molar-refractivity contribution in [1.82, 2.24) is 0 Å². The van der Waals surface area contributed by atoms with Crippen molar-refractivity contribution in [2.75, 3.05) is 6.61 Å². The highest BCUT2D eigenvalue weighted by Gasteiger charge is 2.48. The van der Waals surface area contributed by atoms with E-state index in [-0.39, 0.29) is 0 Å². The van der Waals surface area contributed by atoms with Crippen LogP contribution in [0.2, 0.25) is 0 Å². The molecule has 92 valence electrons. The second kappa shape index (κ2) is 5.62. The number of carbonyl (C=O) groups is 1. The lowest BCUT2D eigenvalue weighted by molar-refractivity contribution is -0.167. The van der Waals surface area contributed by atoms with Gasteiger partial charge in [-0.2, -0.15) is 22.0 Å². The zero-order valence-corrected chi connectivity index (χ0v) is 8.49. The monoisotopic (exact) mass is 244 g/mol. The van der Waals surface area contributed by atoms with E-state index in [1.54, 1.807) is 13.8 Å². The number of allylic oxidation sites excluding steroid dienone is 1. The summed E-state index contributed by atoms with van der Waals surface area (Å²) in [6, 6.07) is 0. The highest BCUT2D eigenvalue weighted by atomic mass is 19.3. The van der Waals surface area contributed by atoms with Gasteiger partial charge in [-0.15, -0.1) is 0 Å². The maximum absolute atomic E-state index is 12.6. The molecule has 0 rings (SSSR count). The number of esters is 1. The second-order valence-electron chi connectivity index (χ2n) is 3.03. The first kappa shape index (κ1) is 14.6. The van der Waals surface area contributed by atoms with E-state index in [9.17, 15) is 26.7 Å². The van der Waals surface area contributed by atoms with E-state index in [1.807, 2.05) is 0 Å². The fourth-order valence-corrected chi connectivity index (χ4v) is 0.583. The van der Waals surface area contributed by atoms with Gasteiger partial charge < -0.3 is 4.74 Å². The molecule has 16 heavy (non-hydrogen) atoms. The van der Waals surface area contributed by atoms with Crippen LogP contribution in [0.15, 0.2) is 23.6 Å². The van der Waals surface area contributed by atoms with Gasteiger partial charge in [0.25, 0.3) is 0 Å². The molecule has 0 radical (unpaired) electrons. The van der Waals surface area contributed by atoms with Gasteiger partial charge in [-0.25, -0.2) is 4.79 Å². The topological polar surface area (TPSA) is 26.3 Å². The van der Waals surface area contributed by atoms with Crippen LogP contribution in [0.4, 0.5) is 22.0 Å². The molecule has 0 saturated heterocycles. The summed E-state index contributed by atoms with van der Waals surface area (Å²) in [5.41, 5.74) is 0.670. The lowest BCUT2D eigenvalue weighted by atomic mass is 10.3. The van der Waals surface area contributed by atoms with Crippen molar-refractivity contribution in [3.05, 3.63) is 23.6 Å². The SMILES string of the molecule is CC(C)=CCOC(=O)C(F)(F)C(F)=C(F)F. The molecule has 0 aliphatic carbocycles. The Kier molecular flexibility index (Phi) is 5.13. The van der Waals surface area contributed by atoms with Crippen LogP contribution >= 0.6 is 0 Å². The van der Waals surface area contributed by atoms with Crippen LogP contribution in [0.3, 0.4) is 0 Å². The first-order valence-electron chi connectivity index (χ1n) is 4.09. The number of carbonyl (C=O) groups excluding carboxylic acids is 1. The van der Waals surface area contributed by atoms with Gasteiger partial charge in [0.05, 0.1) is 0 Å². The molecule has 0 fully saturated rings. The van der Waals surface area contributed by atoms with Crippen LogP contribution in [0.25, 0.3) is 0 Å². The fourth-order valence-electron chi connectivity index (χ4n) is 0.583. The molecular weight excluding hydrogens is 235 g/mol. The number of hydrogen-bond acceptors (Lipinski definition) is 2. The fraction of sp³-hybridized carbons (Fsp3) is 0.444. The number of alkyl halides is 2. The molecule has 0 aliphatic rings. The Balaban J connectivity index is 4.61. The molecule has 0 N–H and O–H groups in total. The highest BCUT2D eigenvalue weighted by Crippen LogP contribution is 2.30. The number of rotatable bonds is 4. The predicted octanol–water partition coefficient (Wildman–Crippen LogP) is 3.21. The van der Waals surface area contributed by atoms with Crippen molar-refractivity contribution >= 4 is 5.97 Å². The minimum Gasteiger partial charge on any atom is -0.457 e. The summed E-state index contributed by atoms with van der Waals surface area (Å²) in [4.78, 5) is 10.6. The van der Waals surface area contributed by atoms with E-state index in [0.717, 1.165) is 0 Å². The summed E-state index contributed by atoms with van der Waals surface area (Å²) < 4.78 is 64.4. The van der Waals surface area contributed by atoms with Gasteiger partial charge in [-0.05, 0) is 19.9 Å². The molecule has 2 nitrogen and oxygen atoms in total. The van der Waals surface area contributed by atoms with E-state index in [1.165, 1.54) is 6.08 Å². The zero-order valence-electron chi connectivity index (χ0n) is 8.49. The van der Waals surface area contributed by atoms with E-state index in [4.69, 9.17) is 0 Å². The Hall–Kier alpha value is -1.40. The second-order valence-corrected chi connectivity index (χ2v) is 3.03. The van der Waals surface area contributed by atoms with Gasteiger partial charge >= 0.3 is 18.0 Å². The molecule has 0 atom stereocenters. The van der Waals surface area contributed by atoms with E-state index in [0.29, 0.717) is 5.57 Å². The summed E-state index contributed by atoms with van der Waals surface area (Å²) in [5, 5.41) is 0. The Morgan fingerprint density at radius 2 is 1.75 bits per heavy atom. The molecule has 0 unspecified atom stereocenters. The maximum Gasteiger partial charge on any atom is 0.398 e. The summed E-state index contributed by atoms with van der Waals surface area (Å²) in [6.07, 6.45) is -1.98. The molecule has 0 saturated carbocycles. The molecule has 0 aromatic heterocycles. The predicted molar refractivity (Wildman–Crippen MR) is 45.7 cm³/mol. The minimum absolute atomic E-state index is 0.530. The van der Waals surface area contributed by atoms with Crippen molar-refractivity contribution in [1.29, 1.82) is 0 Å². The summed E-state index contributed by atoms with van der Waals surface area (Å²) in [6.45, 7) is 2.68. The Labute approximate surface area is 88.4 Å². The Morgan fingerprint density at radius 1 is 1.25 bits per heavy atom. The molecule has 0 heterocycles.